The van der Waals surface area contributed by atoms with E-state index in [1.165, 1.54) is 33.8 Å². The van der Waals surface area contributed by atoms with Crippen LogP contribution >= 0.6 is 34.7 Å². The molecule has 0 aliphatic heterocycles. The number of ether oxygens (including phenoxy) is 1. The van der Waals surface area contributed by atoms with Gasteiger partial charge in [-0.2, -0.15) is 9.78 Å². The van der Waals surface area contributed by atoms with Crippen LogP contribution in [0.25, 0.3) is 11.4 Å². The van der Waals surface area contributed by atoms with Gasteiger partial charge in [-0.15, -0.1) is 23.1 Å². The molecule has 0 saturated carbocycles. The molecule has 0 saturated heterocycles. The molecule has 0 aliphatic rings. The number of pyridine rings is 1. The zero-order valence-corrected chi connectivity index (χ0v) is 25.2. The van der Waals surface area contributed by atoms with Gasteiger partial charge < -0.3 is 4.74 Å². The zero-order chi connectivity index (χ0) is 29.7. The van der Waals surface area contributed by atoms with E-state index in [1.807, 2.05) is 42.5 Å². The van der Waals surface area contributed by atoms with E-state index in [0.29, 0.717) is 20.7 Å². The van der Waals surface area contributed by atoms with Crippen molar-refractivity contribution in [2.24, 2.45) is 5.41 Å². The van der Waals surface area contributed by atoms with Gasteiger partial charge in [-0.3, -0.25) is 19.0 Å². The highest BCUT2D eigenvalue weighted by molar-refractivity contribution is 7.98. The maximum Gasteiger partial charge on any atom is 0.376 e. The molecule has 0 N–H and O–H groups in total. The summed E-state index contributed by atoms with van der Waals surface area (Å²) in [5.41, 5.74) is 0.0429. The van der Waals surface area contributed by atoms with Crippen molar-refractivity contribution in [1.29, 1.82) is 0 Å². The summed E-state index contributed by atoms with van der Waals surface area (Å²) in [6.07, 6.45) is 0. The van der Waals surface area contributed by atoms with Crippen molar-refractivity contribution in [3.05, 3.63) is 91.4 Å². The van der Waals surface area contributed by atoms with Crippen LogP contribution in [0.5, 0.6) is 0 Å². The van der Waals surface area contributed by atoms with E-state index in [1.54, 1.807) is 32.9 Å². The average Bonchev–Trinajstić information content (AvgIpc) is 3.57. The number of Topliss-reactive ketones (excluding diaryl/α,β-unsaturated/α-hetero) is 1. The van der Waals surface area contributed by atoms with Gasteiger partial charge >= 0.3 is 5.97 Å². The van der Waals surface area contributed by atoms with Crippen LogP contribution in [-0.2, 0) is 26.6 Å². The van der Waals surface area contributed by atoms with E-state index < -0.39 is 29.3 Å². The number of halogens is 1. The molecule has 0 amide bonds. The van der Waals surface area contributed by atoms with Gasteiger partial charge in [0.05, 0.1) is 29.2 Å². The van der Waals surface area contributed by atoms with Crippen molar-refractivity contribution in [2.75, 3.05) is 7.11 Å². The maximum atomic E-state index is 13.6. The highest BCUT2D eigenvalue weighted by atomic mass is 35.5. The second-order valence-electron chi connectivity index (χ2n) is 9.88. The summed E-state index contributed by atoms with van der Waals surface area (Å²) in [4.78, 5) is 52.5. The quantitative estimate of drug-likeness (QED) is 0.118. The Morgan fingerprint density at radius 1 is 1.05 bits per heavy atom. The monoisotopic (exact) mass is 607 g/mol. The molecule has 0 aliphatic carbocycles. The summed E-state index contributed by atoms with van der Waals surface area (Å²) >= 11 is 8.92. The summed E-state index contributed by atoms with van der Waals surface area (Å²) in [5.74, 6) is 4.09. The summed E-state index contributed by atoms with van der Waals surface area (Å²) in [6, 6.07) is 17.7. The van der Waals surface area contributed by atoms with Crippen LogP contribution in [0.3, 0.4) is 0 Å². The molecule has 3 aromatic heterocycles. The minimum atomic E-state index is -1.08. The second-order valence-corrected chi connectivity index (χ2v) is 12.7. The van der Waals surface area contributed by atoms with Crippen LogP contribution in [0, 0.1) is 17.3 Å². The van der Waals surface area contributed by atoms with Gasteiger partial charge in [-0.25, -0.2) is 4.79 Å². The first-order chi connectivity index (χ1) is 19.5. The number of carbonyl (C=O) groups is 3. The van der Waals surface area contributed by atoms with Gasteiger partial charge in [0.2, 0.25) is 0 Å². The van der Waals surface area contributed by atoms with Crippen molar-refractivity contribution in [2.45, 2.75) is 38.1 Å². The number of methoxy groups -OCH3 is 1. The van der Waals surface area contributed by atoms with E-state index >= 15 is 0 Å². The molecule has 0 spiro atoms. The fourth-order valence-corrected chi connectivity index (χ4v) is 5.79. The van der Waals surface area contributed by atoms with Crippen molar-refractivity contribution < 1.29 is 19.1 Å². The predicted molar refractivity (Wildman–Crippen MR) is 160 cm³/mol. The first-order valence-electron chi connectivity index (χ1n) is 12.4. The van der Waals surface area contributed by atoms with Crippen LogP contribution in [0.4, 0.5) is 0 Å². The number of hydrogen-bond donors (Lipinski definition) is 0. The number of esters is 1. The van der Waals surface area contributed by atoms with Crippen LogP contribution in [0.2, 0.25) is 4.34 Å². The Bertz CT molecular complexity index is 1740. The maximum absolute atomic E-state index is 13.6. The summed E-state index contributed by atoms with van der Waals surface area (Å²) in [5, 5.41) is 5.11. The number of rotatable bonds is 7. The number of benzene rings is 1. The van der Waals surface area contributed by atoms with Gasteiger partial charge in [0.15, 0.2) is 0 Å². The summed E-state index contributed by atoms with van der Waals surface area (Å²) in [7, 11) is 1.09. The third-order valence-corrected chi connectivity index (χ3v) is 8.22. The molecule has 0 bridgehead atoms. The van der Waals surface area contributed by atoms with Gasteiger partial charge in [-0.1, -0.05) is 62.4 Å². The molecule has 11 heteroatoms. The molecule has 0 fully saturated rings. The minimum Gasteiger partial charge on any atom is -0.463 e. The lowest BCUT2D eigenvalue weighted by Gasteiger charge is -2.17. The molecule has 0 atom stereocenters. The van der Waals surface area contributed by atoms with Crippen LogP contribution in [0.1, 0.15) is 41.6 Å². The van der Waals surface area contributed by atoms with Crippen molar-refractivity contribution in [1.82, 2.24) is 14.3 Å². The van der Waals surface area contributed by atoms with Gasteiger partial charge in [-0.05, 0) is 36.4 Å². The van der Waals surface area contributed by atoms with E-state index in [-0.39, 0.29) is 22.9 Å². The number of hydrogen-bond acceptors (Lipinski definition) is 8. The molecule has 1 aromatic carbocycles. The number of thioether (sulfide) groups is 1. The fraction of sp³-hybridized carbons (Fsp3) is 0.233. The van der Waals surface area contributed by atoms with E-state index in [2.05, 4.69) is 21.7 Å². The Morgan fingerprint density at radius 2 is 1.78 bits per heavy atom. The standard InChI is InChI=1S/C30H26ClN3O5S2/c1-30(2,3)29(38)34-26(40-18-21-13-15-25(31)41-21)16-22(32-34)23-14-12-20(11-10-19-8-6-5-7-9-19)27(36)33(23)17-24(35)28(37)39-4/h5-9,12-16H,17-18H2,1-4H3. The molecule has 3 heterocycles. The van der Waals surface area contributed by atoms with E-state index in [4.69, 9.17) is 11.6 Å². The molecule has 4 aromatic rings. The first kappa shape index (κ1) is 30.1. The first-order valence-corrected chi connectivity index (χ1v) is 14.6. The second kappa shape index (κ2) is 12.7. The third-order valence-electron chi connectivity index (χ3n) is 5.77. The minimum absolute atomic E-state index is 0.129. The van der Waals surface area contributed by atoms with Crippen LogP contribution in [0.15, 0.2) is 70.5 Å². The molecule has 0 unspecified atom stereocenters. The predicted octanol–water partition coefficient (Wildman–Crippen LogP) is 5.55. The Hall–Kier alpha value is -3.91. The molecule has 210 valence electrons. The Morgan fingerprint density at radius 3 is 2.41 bits per heavy atom. The average molecular weight is 608 g/mol. The highest BCUT2D eigenvalue weighted by Crippen LogP contribution is 2.33. The normalized spacial score (nSPS) is 11.0. The largest absolute Gasteiger partial charge is 0.463 e. The van der Waals surface area contributed by atoms with Crippen LogP contribution < -0.4 is 5.56 Å². The molecule has 0 radical (unpaired) electrons. The highest BCUT2D eigenvalue weighted by Gasteiger charge is 2.28. The van der Waals surface area contributed by atoms with Gasteiger partial charge in [0.25, 0.3) is 17.2 Å². The van der Waals surface area contributed by atoms with Gasteiger partial charge in [0.1, 0.15) is 10.7 Å². The lowest BCUT2D eigenvalue weighted by Crippen LogP contribution is -2.31. The van der Waals surface area contributed by atoms with Gasteiger partial charge in [0, 0.05) is 27.7 Å². The fourth-order valence-electron chi connectivity index (χ4n) is 3.67. The molecular weight excluding hydrogens is 582 g/mol. The topological polar surface area (TPSA) is 100 Å². The molecular formula is C30H26ClN3O5S2. The van der Waals surface area contributed by atoms with Crippen molar-refractivity contribution >= 4 is 52.4 Å². The van der Waals surface area contributed by atoms with Crippen molar-refractivity contribution in [3.8, 4) is 23.2 Å². The van der Waals surface area contributed by atoms with Crippen LogP contribution in [-0.4, -0.2) is 39.1 Å². The Balaban J connectivity index is 1.82. The number of nitrogens with zero attached hydrogens (tertiary/aromatic N) is 3. The molecule has 41 heavy (non-hydrogen) atoms. The lowest BCUT2D eigenvalue weighted by molar-refractivity contribution is -0.151. The van der Waals surface area contributed by atoms with E-state index in [0.717, 1.165) is 16.6 Å². The lowest BCUT2D eigenvalue weighted by atomic mass is 9.96. The number of aromatic nitrogens is 3. The smallest absolute Gasteiger partial charge is 0.376 e. The number of thiophene rings is 1. The summed E-state index contributed by atoms with van der Waals surface area (Å²) < 4.78 is 7.68. The Labute approximate surface area is 250 Å². The number of ketones is 1. The SMILES string of the molecule is COC(=O)C(=O)Cn1c(-c2cc(SCc3ccc(Cl)s3)n(C(=O)C(C)(C)C)n2)ccc(C#Cc2ccccc2)c1=O. The summed E-state index contributed by atoms with van der Waals surface area (Å²) in [6.45, 7) is 4.78. The zero-order valence-electron chi connectivity index (χ0n) is 22.8. The third kappa shape index (κ3) is 7.24. The van der Waals surface area contributed by atoms with Crippen molar-refractivity contribution in [3.63, 3.8) is 0 Å². The Kier molecular flexibility index (Phi) is 9.33. The molecule has 8 nitrogen and oxygen atoms in total. The number of carbonyl (C=O) groups excluding carboxylic acids is 3. The molecule has 4 rings (SSSR count). The van der Waals surface area contributed by atoms with E-state index in [9.17, 15) is 19.2 Å².